The number of rotatable bonds is 6. The molecule has 5 nitrogen and oxygen atoms in total. The van der Waals surface area contributed by atoms with Crippen LogP contribution in [0.1, 0.15) is 36.2 Å². The highest BCUT2D eigenvalue weighted by Crippen LogP contribution is 2.64. The molecular formula is C20H22F2N2O3S. The lowest BCUT2D eigenvalue weighted by molar-refractivity contribution is 0.0947. The maximum Gasteiger partial charge on any atom is 0.251 e. The molecule has 3 rings (SSSR count). The third-order valence-corrected chi connectivity index (χ3v) is 5.97. The minimum absolute atomic E-state index is 0.213. The van der Waals surface area contributed by atoms with Gasteiger partial charge in [0.2, 0.25) is 10.0 Å². The Morgan fingerprint density at radius 3 is 2.21 bits per heavy atom. The molecule has 150 valence electrons. The van der Waals surface area contributed by atoms with Crippen molar-refractivity contribution in [3.05, 3.63) is 65.2 Å². The zero-order valence-corrected chi connectivity index (χ0v) is 16.7. The van der Waals surface area contributed by atoms with Crippen molar-refractivity contribution >= 4 is 21.6 Å². The highest BCUT2D eigenvalue weighted by atomic mass is 32.2. The van der Waals surface area contributed by atoms with Crippen LogP contribution < -0.4 is 10.0 Å². The molecule has 1 fully saturated rings. The van der Waals surface area contributed by atoms with Crippen LogP contribution in [0.4, 0.5) is 14.5 Å². The number of nitrogens with one attached hydrogen (secondary N) is 2. The van der Waals surface area contributed by atoms with Crippen molar-refractivity contribution in [2.75, 3.05) is 17.5 Å². The Kier molecular flexibility index (Phi) is 4.95. The number of benzene rings is 2. The van der Waals surface area contributed by atoms with Gasteiger partial charge in [-0.25, -0.2) is 17.2 Å². The van der Waals surface area contributed by atoms with E-state index in [9.17, 15) is 22.0 Å². The highest BCUT2D eigenvalue weighted by Gasteiger charge is 2.62. The van der Waals surface area contributed by atoms with Gasteiger partial charge in [0.05, 0.1) is 6.26 Å². The SMILES string of the molecule is CC1(C)CC1(CNC(=O)c1ccc(NS(C)(=O)=O)cc1)c1ccc(F)cc1F. The van der Waals surface area contributed by atoms with Crippen LogP contribution >= 0.6 is 0 Å². The Labute approximate surface area is 163 Å². The molecule has 28 heavy (non-hydrogen) atoms. The summed E-state index contributed by atoms with van der Waals surface area (Å²) in [5.74, 6) is -1.60. The Bertz CT molecular complexity index is 1020. The van der Waals surface area contributed by atoms with Gasteiger partial charge in [-0.2, -0.15) is 0 Å². The summed E-state index contributed by atoms with van der Waals surface area (Å²) in [5.41, 5.74) is 0.270. The van der Waals surface area contributed by atoms with Crippen LogP contribution in [0, 0.1) is 17.0 Å². The maximum atomic E-state index is 14.3. The molecule has 1 aliphatic carbocycles. The summed E-state index contributed by atoms with van der Waals surface area (Å²) in [4.78, 5) is 12.5. The zero-order valence-electron chi connectivity index (χ0n) is 15.8. The molecule has 1 unspecified atom stereocenters. The maximum absolute atomic E-state index is 14.3. The summed E-state index contributed by atoms with van der Waals surface area (Å²) in [5, 5.41) is 2.83. The summed E-state index contributed by atoms with van der Waals surface area (Å²) in [6, 6.07) is 9.53. The largest absolute Gasteiger partial charge is 0.351 e. The second kappa shape index (κ2) is 6.84. The molecule has 0 saturated heterocycles. The zero-order chi connectivity index (χ0) is 20.7. The van der Waals surface area contributed by atoms with Gasteiger partial charge in [-0.1, -0.05) is 19.9 Å². The number of amides is 1. The van der Waals surface area contributed by atoms with E-state index in [1.165, 1.54) is 36.4 Å². The molecule has 0 aliphatic heterocycles. The summed E-state index contributed by atoms with van der Waals surface area (Å²) < 4.78 is 52.4. The van der Waals surface area contributed by atoms with Crippen molar-refractivity contribution in [3.63, 3.8) is 0 Å². The van der Waals surface area contributed by atoms with Gasteiger partial charge in [-0.05, 0) is 47.7 Å². The minimum atomic E-state index is -3.40. The number of carbonyl (C=O) groups excluding carboxylic acids is 1. The van der Waals surface area contributed by atoms with E-state index in [0.29, 0.717) is 23.2 Å². The number of sulfonamides is 1. The fourth-order valence-corrected chi connectivity index (χ4v) is 4.25. The molecule has 2 aromatic rings. The summed E-state index contributed by atoms with van der Waals surface area (Å²) in [6.07, 6.45) is 1.71. The topological polar surface area (TPSA) is 75.3 Å². The van der Waals surface area contributed by atoms with Crippen LogP contribution in [0.15, 0.2) is 42.5 Å². The molecular weight excluding hydrogens is 386 g/mol. The molecule has 1 atom stereocenters. The van der Waals surface area contributed by atoms with E-state index in [-0.39, 0.29) is 17.9 Å². The van der Waals surface area contributed by atoms with E-state index in [2.05, 4.69) is 10.0 Å². The van der Waals surface area contributed by atoms with E-state index < -0.39 is 27.1 Å². The number of carbonyl (C=O) groups is 1. The van der Waals surface area contributed by atoms with Gasteiger partial charge in [0.1, 0.15) is 11.6 Å². The third kappa shape index (κ3) is 4.01. The lowest BCUT2D eigenvalue weighted by Gasteiger charge is -2.22. The monoisotopic (exact) mass is 408 g/mol. The molecule has 0 heterocycles. The number of hydrogen-bond acceptors (Lipinski definition) is 3. The van der Waals surface area contributed by atoms with Gasteiger partial charge in [-0.15, -0.1) is 0 Å². The van der Waals surface area contributed by atoms with Gasteiger partial charge < -0.3 is 5.32 Å². The van der Waals surface area contributed by atoms with E-state index >= 15 is 0 Å². The van der Waals surface area contributed by atoms with Crippen LogP contribution in [0.25, 0.3) is 0 Å². The number of halogens is 2. The summed E-state index contributed by atoms with van der Waals surface area (Å²) >= 11 is 0. The Balaban J connectivity index is 1.74. The number of hydrogen-bond donors (Lipinski definition) is 2. The molecule has 8 heteroatoms. The Morgan fingerprint density at radius 1 is 1.11 bits per heavy atom. The van der Waals surface area contributed by atoms with Gasteiger partial charge in [0, 0.05) is 29.3 Å². The molecule has 0 radical (unpaired) electrons. The normalized spacial score (nSPS) is 20.5. The van der Waals surface area contributed by atoms with Gasteiger partial charge in [-0.3, -0.25) is 9.52 Å². The van der Waals surface area contributed by atoms with E-state index in [1.807, 2.05) is 13.8 Å². The lowest BCUT2D eigenvalue weighted by Crippen LogP contribution is -2.35. The predicted molar refractivity (Wildman–Crippen MR) is 104 cm³/mol. The second-order valence-electron chi connectivity index (χ2n) is 7.90. The summed E-state index contributed by atoms with van der Waals surface area (Å²) in [6.45, 7) is 4.17. The van der Waals surface area contributed by atoms with E-state index in [1.54, 1.807) is 0 Å². The molecule has 0 bridgehead atoms. The fraction of sp³-hybridized carbons (Fsp3) is 0.350. The van der Waals surface area contributed by atoms with Crippen molar-refractivity contribution in [3.8, 4) is 0 Å². The van der Waals surface area contributed by atoms with E-state index in [0.717, 1.165) is 12.3 Å². The van der Waals surface area contributed by atoms with Crippen LogP contribution in [0.2, 0.25) is 0 Å². The molecule has 2 aromatic carbocycles. The van der Waals surface area contributed by atoms with Crippen LogP contribution in [-0.4, -0.2) is 27.1 Å². The van der Waals surface area contributed by atoms with Crippen molar-refractivity contribution < 1.29 is 22.0 Å². The molecule has 1 saturated carbocycles. The average Bonchev–Trinajstić information content (AvgIpc) is 3.14. The average molecular weight is 408 g/mol. The second-order valence-corrected chi connectivity index (χ2v) is 9.65. The first-order valence-electron chi connectivity index (χ1n) is 8.75. The van der Waals surface area contributed by atoms with Crippen LogP contribution in [0.3, 0.4) is 0 Å². The smallest absolute Gasteiger partial charge is 0.251 e. The summed E-state index contributed by atoms with van der Waals surface area (Å²) in [7, 11) is -3.40. The first-order valence-corrected chi connectivity index (χ1v) is 10.6. The molecule has 1 amide bonds. The first kappa shape index (κ1) is 20.3. The Morgan fingerprint density at radius 2 is 1.71 bits per heavy atom. The first-order chi connectivity index (χ1) is 12.9. The van der Waals surface area contributed by atoms with Gasteiger partial charge >= 0.3 is 0 Å². The van der Waals surface area contributed by atoms with Crippen molar-refractivity contribution in [1.82, 2.24) is 5.32 Å². The fourth-order valence-electron chi connectivity index (χ4n) is 3.68. The highest BCUT2D eigenvalue weighted by molar-refractivity contribution is 7.92. The van der Waals surface area contributed by atoms with Crippen molar-refractivity contribution in [2.45, 2.75) is 25.7 Å². The molecule has 0 spiro atoms. The quantitative estimate of drug-likeness (QED) is 0.769. The minimum Gasteiger partial charge on any atom is -0.351 e. The molecule has 1 aliphatic rings. The van der Waals surface area contributed by atoms with Gasteiger partial charge in [0.15, 0.2) is 0 Å². The standard InChI is InChI=1S/C20H22F2N2O3S/c1-19(2)11-20(19,16-9-6-14(21)10-17(16)22)12-23-18(25)13-4-7-15(8-5-13)24-28(3,26)27/h4-10,24H,11-12H2,1-3H3,(H,23,25). The predicted octanol–water partition coefficient (Wildman–Crippen LogP) is 3.43. The Hall–Kier alpha value is -2.48. The molecule has 0 aromatic heterocycles. The van der Waals surface area contributed by atoms with Gasteiger partial charge in [0.25, 0.3) is 5.91 Å². The van der Waals surface area contributed by atoms with E-state index in [4.69, 9.17) is 0 Å². The lowest BCUT2D eigenvalue weighted by atomic mass is 9.87. The van der Waals surface area contributed by atoms with Crippen molar-refractivity contribution in [2.24, 2.45) is 5.41 Å². The van der Waals surface area contributed by atoms with Crippen molar-refractivity contribution in [1.29, 1.82) is 0 Å². The van der Waals surface area contributed by atoms with Crippen LogP contribution in [-0.2, 0) is 15.4 Å². The number of anilines is 1. The van der Waals surface area contributed by atoms with Crippen LogP contribution in [0.5, 0.6) is 0 Å². The third-order valence-electron chi connectivity index (χ3n) is 5.36. The molecule has 2 N–H and O–H groups in total.